The molecule has 0 atom stereocenters. The van der Waals surface area contributed by atoms with E-state index in [0.29, 0.717) is 4.90 Å². The van der Waals surface area contributed by atoms with Crippen molar-refractivity contribution in [2.45, 2.75) is 11.8 Å². The molecule has 0 amide bonds. The van der Waals surface area contributed by atoms with Gasteiger partial charge in [-0.2, -0.15) is 0 Å². The van der Waals surface area contributed by atoms with Crippen molar-refractivity contribution in [2.75, 3.05) is 6.61 Å². The van der Waals surface area contributed by atoms with Crippen molar-refractivity contribution in [3.8, 4) is 0 Å². The van der Waals surface area contributed by atoms with E-state index in [9.17, 15) is 9.59 Å². The summed E-state index contributed by atoms with van der Waals surface area (Å²) < 4.78 is 5.00. The number of benzene rings is 1. The van der Waals surface area contributed by atoms with Crippen LogP contribution in [0, 0.1) is 0 Å². The van der Waals surface area contributed by atoms with Gasteiger partial charge in [0, 0.05) is 16.5 Å². The van der Waals surface area contributed by atoms with Crippen molar-refractivity contribution in [2.24, 2.45) is 5.73 Å². The zero-order valence-corrected chi connectivity index (χ0v) is 12.7. The smallest absolute Gasteiger partial charge is 0.340 e. The molecule has 6 heteroatoms. The van der Waals surface area contributed by atoms with Crippen LogP contribution < -0.4 is 11.3 Å². The maximum Gasteiger partial charge on any atom is 0.340 e. The monoisotopic (exact) mass is 314 g/mol. The quantitative estimate of drug-likeness (QED) is 0.831. The Hall–Kier alpha value is -2.47. The standard InChI is InChI=1S/C16H14N2O3S/c1-2-21-16(20)11-8-7-10-9-5-3-4-6-12(9)18-15(19)13(10)22-14(11)17/h3-8H,2,17H2,1H3,(H,18,19). The Balaban J connectivity index is 2.20. The fourth-order valence-electron chi connectivity index (χ4n) is 2.31. The van der Waals surface area contributed by atoms with E-state index in [4.69, 9.17) is 10.5 Å². The highest BCUT2D eigenvalue weighted by atomic mass is 32.2. The minimum Gasteiger partial charge on any atom is -0.462 e. The number of nitrogens with one attached hydrogen (secondary N) is 1. The van der Waals surface area contributed by atoms with Crippen LogP contribution in [0.1, 0.15) is 12.5 Å². The van der Waals surface area contributed by atoms with Crippen LogP contribution in [0.25, 0.3) is 17.0 Å². The maximum atomic E-state index is 12.3. The lowest BCUT2D eigenvalue weighted by Gasteiger charge is -2.07. The first-order valence-corrected chi connectivity index (χ1v) is 7.61. The number of H-pyrrole nitrogens is 1. The SMILES string of the molecule is CCOC(=O)C1=C(N)Sc2c(c3ccccc3[nH]c2=O)C=C1. The number of ether oxygens (including phenoxy) is 1. The van der Waals surface area contributed by atoms with Gasteiger partial charge in [0.2, 0.25) is 0 Å². The average molecular weight is 314 g/mol. The van der Waals surface area contributed by atoms with Gasteiger partial charge < -0.3 is 15.5 Å². The first kappa shape index (κ1) is 14.5. The number of aromatic amines is 1. The van der Waals surface area contributed by atoms with Crippen molar-refractivity contribution < 1.29 is 9.53 Å². The Morgan fingerprint density at radius 1 is 1.32 bits per heavy atom. The van der Waals surface area contributed by atoms with Gasteiger partial charge in [0.05, 0.1) is 22.1 Å². The Morgan fingerprint density at radius 2 is 2.09 bits per heavy atom. The molecule has 3 N–H and O–H groups in total. The van der Waals surface area contributed by atoms with Crippen molar-refractivity contribution >= 4 is 34.7 Å². The number of nitrogens with two attached hydrogens (primary N) is 1. The molecule has 0 fully saturated rings. The van der Waals surface area contributed by atoms with Gasteiger partial charge in [-0.3, -0.25) is 4.79 Å². The van der Waals surface area contributed by atoms with Gasteiger partial charge in [-0.15, -0.1) is 0 Å². The van der Waals surface area contributed by atoms with Crippen LogP contribution in [0.5, 0.6) is 0 Å². The number of esters is 1. The molecule has 112 valence electrons. The van der Waals surface area contributed by atoms with E-state index < -0.39 is 5.97 Å². The fourth-order valence-corrected chi connectivity index (χ4v) is 3.22. The molecule has 5 nitrogen and oxygen atoms in total. The summed E-state index contributed by atoms with van der Waals surface area (Å²) in [4.78, 5) is 27.5. The molecule has 1 aliphatic rings. The minimum atomic E-state index is -0.489. The highest BCUT2D eigenvalue weighted by Crippen LogP contribution is 2.34. The van der Waals surface area contributed by atoms with Crippen molar-refractivity contribution in [1.29, 1.82) is 0 Å². The van der Waals surface area contributed by atoms with Gasteiger partial charge >= 0.3 is 5.97 Å². The highest BCUT2D eigenvalue weighted by molar-refractivity contribution is 8.03. The minimum absolute atomic E-state index is 0.226. The van der Waals surface area contributed by atoms with E-state index in [2.05, 4.69) is 4.98 Å². The van der Waals surface area contributed by atoms with Crippen LogP contribution in [0.15, 0.2) is 50.6 Å². The molecule has 2 aromatic rings. The zero-order valence-electron chi connectivity index (χ0n) is 11.9. The molecule has 3 rings (SSSR count). The molecule has 2 heterocycles. The molecule has 0 saturated carbocycles. The zero-order chi connectivity index (χ0) is 15.7. The lowest BCUT2D eigenvalue weighted by atomic mass is 10.1. The summed E-state index contributed by atoms with van der Waals surface area (Å²) >= 11 is 1.09. The third-order valence-corrected chi connectivity index (χ3v) is 4.36. The number of carbonyl (C=O) groups excluding carboxylic acids is 1. The first-order valence-electron chi connectivity index (χ1n) is 6.79. The van der Waals surface area contributed by atoms with E-state index in [1.54, 1.807) is 19.1 Å². The molecule has 1 aromatic carbocycles. The molecule has 0 unspecified atom stereocenters. The van der Waals surface area contributed by atoms with Crippen LogP contribution in [0.2, 0.25) is 0 Å². The Morgan fingerprint density at radius 3 is 2.86 bits per heavy atom. The summed E-state index contributed by atoms with van der Waals surface area (Å²) in [6.45, 7) is 2.00. The number of pyridine rings is 1. The summed E-state index contributed by atoms with van der Waals surface area (Å²) in [7, 11) is 0. The summed E-state index contributed by atoms with van der Waals surface area (Å²) in [6, 6.07) is 7.51. The second kappa shape index (κ2) is 5.73. The molecule has 0 spiro atoms. The molecular formula is C16H14N2O3S. The Labute approximate surface area is 130 Å². The van der Waals surface area contributed by atoms with Gasteiger partial charge in [-0.05, 0) is 19.1 Å². The lowest BCUT2D eigenvalue weighted by molar-refractivity contribution is -0.138. The number of carbonyl (C=O) groups is 1. The molecule has 0 bridgehead atoms. The van der Waals surface area contributed by atoms with Gasteiger partial charge in [0.15, 0.2) is 0 Å². The van der Waals surface area contributed by atoms with E-state index in [1.165, 1.54) is 0 Å². The normalized spacial score (nSPS) is 13.9. The second-order valence-corrected chi connectivity index (χ2v) is 5.73. The maximum absolute atomic E-state index is 12.3. The van der Waals surface area contributed by atoms with E-state index in [0.717, 1.165) is 28.2 Å². The number of thioether (sulfide) groups is 1. The molecule has 0 saturated heterocycles. The number of fused-ring (bicyclic) bond motifs is 3. The molecule has 1 aromatic heterocycles. The molecule has 0 radical (unpaired) electrons. The summed E-state index contributed by atoms with van der Waals surface area (Å²) in [6.07, 6.45) is 3.35. The van der Waals surface area contributed by atoms with Crippen LogP contribution in [0.3, 0.4) is 0 Å². The van der Waals surface area contributed by atoms with Crippen LogP contribution in [-0.4, -0.2) is 17.6 Å². The predicted octanol–water partition coefficient (Wildman–Crippen LogP) is 2.38. The topological polar surface area (TPSA) is 85.2 Å². The second-order valence-electron chi connectivity index (χ2n) is 4.68. The van der Waals surface area contributed by atoms with Crippen LogP contribution in [-0.2, 0) is 9.53 Å². The number of aromatic nitrogens is 1. The summed E-state index contributed by atoms with van der Waals surface area (Å²) in [5.74, 6) is -0.489. The Bertz CT molecular complexity index is 881. The molecular weight excluding hydrogens is 300 g/mol. The third kappa shape index (κ3) is 2.42. The summed E-state index contributed by atoms with van der Waals surface area (Å²) in [5.41, 5.74) is 7.52. The van der Waals surface area contributed by atoms with E-state index in [1.807, 2.05) is 24.3 Å². The molecule has 1 aliphatic heterocycles. The number of rotatable bonds is 2. The van der Waals surface area contributed by atoms with Gasteiger partial charge in [-0.1, -0.05) is 36.0 Å². The average Bonchev–Trinajstić information content (AvgIpc) is 2.67. The lowest BCUT2D eigenvalue weighted by Crippen LogP contribution is -2.13. The Kier molecular flexibility index (Phi) is 3.77. The molecule has 22 heavy (non-hydrogen) atoms. The highest BCUT2D eigenvalue weighted by Gasteiger charge is 2.20. The predicted molar refractivity (Wildman–Crippen MR) is 87.3 cm³/mol. The largest absolute Gasteiger partial charge is 0.462 e. The number of hydrogen-bond acceptors (Lipinski definition) is 5. The third-order valence-electron chi connectivity index (χ3n) is 3.31. The van der Waals surface area contributed by atoms with E-state index >= 15 is 0 Å². The van der Waals surface area contributed by atoms with Gasteiger partial charge in [0.25, 0.3) is 5.56 Å². The van der Waals surface area contributed by atoms with Gasteiger partial charge in [-0.25, -0.2) is 4.79 Å². The summed E-state index contributed by atoms with van der Waals surface area (Å²) in [5, 5.41) is 1.16. The van der Waals surface area contributed by atoms with Crippen LogP contribution in [0.4, 0.5) is 0 Å². The number of hydrogen-bond donors (Lipinski definition) is 2. The van der Waals surface area contributed by atoms with Crippen LogP contribution >= 0.6 is 11.8 Å². The van der Waals surface area contributed by atoms with Gasteiger partial charge in [0.1, 0.15) is 0 Å². The fraction of sp³-hybridized carbons (Fsp3) is 0.125. The molecule has 0 aliphatic carbocycles. The van der Waals surface area contributed by atoms with Crippen molar-refractivity contribution in [3.63, 3.8) is 0 Å². The van der Waals surface area contributed by atoms with Crippen molar-refractivity contribution in [1.82, 2.24) is 4.98 Å². The first-order chi connectivity index (χ1) is 10.6. The van der Waals surface area contributed by atoms with Crippen molar-refractivity contribution in [3.05, 3.63) is 56.9 Å². The number of para-hydroxylation sites is 1. The van der Waals surface area contributed by atoms with E-state index in [-0.39, 0.29) is 22.8 Å².